The monoisotopic (exact) mass is 274 g/mol. The molecule has 0 amide bonds. The molecule has 20 heavy (non-hydrogen) atoms. The van der Waals surface area contributed by atoms with Crippen molar-refractivity contribution in [1.29, 1.82) is 0 Å². The van der Waals surface area contributed by atoms with Crippen molar-refractivity contribution in [1.82, 2.24) is 10.3 Å². The van der Waals surface area contributed by atoms with Gasteiger partial charge in [-0.25, -0.2) is 4.98 Å². The van der Waals surface area contributed by atoms with Crippen LogP contribution in [-0.2, 0) is 6.54 Å². The molecule has 0 aliphatic rings. The fourth-order valence-corrected chi connectivity index (χ4v) is 1.99. The Morgan fingerprint density at radius 1 is 1.25 bits per heavy atom. The summed E-state index contributed by atoms with van der Waals surface area (Å²) in [6, 6.07) is 8.38. The van der Waals surface area contributed by atoms with Crippen LogP contribution in [0.2, 0.25) is 0 Å². The molecule has 0 bridgehead atoms. The van der Waals surface area contributed by atoms with Crippen LogP contribution in [0.25, 0.3) is 0 Å². The highest BCUT2D eigenvalue weighted by Crippen LogP contribution is 2.18. The lowest BCUT2D eigenvalue weighted by molar-refractivity contribution is 0.340. The molecule has 0 fully saturated rings. The standard InChI is InChI=1S/C16H22N2O2/c1-5-19-15-8-6-14(7-9-15)12(3)17-10-16-18-11(2)13(4)20-16/h6-9,12,17H,5,10H2,1-4H3. The number of hydrogen-bond donors (Lipinski definition) is 1. The van der Waals surface area contributed by atoms with E-state index in [1.807, 2.05) is 32.9 Å². The number of ether oxygens (including phenoxy) is 1. The summed E-state index contributed by atoms with van der Waals surface area (Å²) in [5.41, 5.74) is 2.17. The van der Waals surface area contributed by atoms with Gasteiger partial charge in [0.1, 0.15) is 11.5 Å². The van der Waals surface area contributed by atoms with E-state index in [2.05, 4.69) is 29.4 Å². The first-order chi connectivity index (χ1) is 9.60. The zero-order valence-corrected chi connectivity index (χ0v) is 12.6. The van der Waals surface area contributed by atoms with E-state index in [1.165, 1.54) is 5.56 Å². The molecule has 1 aromatic heterocycles. The molecular weight excluding hydrogens is 252 g/mol. The molecule has 0 spiro atoms. The van der Waals surface area contributed by atoms with Crippen LogP contribution in [0.4, 0.5) is 0 Å². The van der Waals surface area contributed by atoms with Gasteiger partial charge in [-0.05, 0) is 45.4 Å². The first kappa shape index (κ1) is 14.6. The molecule has 4 heteroatoms. The van der Waals surface area contributed by atoms with Crippen LogP contribution >= 0.6 is 0 Å². The normalized spacial score (nSPS) is 12.4. The van der Waals surface area contributed by atoms with Crippen LogP contribution in [0.1, 0.15) is 42.8 Å². The van der Waals surface area contributed by atoms with E-state index in [-0.39, 0.29) is 6.04 Å². The van der Waals surface area contributed by atoms with Crippen molar-refractivity contribution in [2.24, 2.45) is 0 Å². The van der Waals surface area contributed by atoms with Crippen molar-refractivity contribution in [2.75, 3.05) is 6.61 Å². The van der Waals surface area contributed by atoms with Gasteiger partial charge in [0, 0.05) is 6.04 Å². The number of hydrogen-bond acceptors (Lipinski definition) is 4. The number of aryl methyl sites for hydroxylation is 2. The number of aromatic nitrogens is 1. The molecule has 1 N–H and O–H groups in total. The molecule has 4 nitrogen and oxygen atoms in total. The Labute approximate surface area is 120 Å². The van der Waals surface area contributed by atoms with Crippen LogP contribution in [0.15, 0.2) is 28.7 Å². The van der Waals surface area contributed by atoms with Gasteiger partial charge in [0.15, 0.2) is 0 Å². The number of rotatable bonds is 6. The Morgan fingerprint density at radius 3 is 2.50 bits per heavy atom. The van der Waals surface area contributed by atoms with Gasteiger partial charge in [0.05, 0.1) is 18.8 Å². The van der Waals surface area contributed by atoms with Gasteiger partial charge in [-0.2, -0.15) is 0 Å². The third-order valence-electron chi connectivity index (χ3n) is 3.32. The van der Waals surface area contributed by atoms with Gasteiger partial charge in [0.25, 0.3) is 0 Å². The van der Waals surface area contributed by atoms with Crippen LogP contribution in [0, 0.1) is 13.8 Å². The minimum atomic E-state index is 0.234. The van der Waals surface area contributed by atoms with E-state index in [0.29, 0.717) is 13.2 Å². The highest BCUT2D eigenvalue weighted by atomic mass is 16.5. The SMILES string of the molecule is CCOc1ccc(C(C)NCc2nc(C)c(C)o2)cc1. The second-order valence-corrected chi connectivity index (χ2v) is 4.85. The third-order valence-corrected chi connectivity index (χ3v) is 3.32. The number of benzene rings is 1. The van der Waals surface area contributed by atoms with E-state index in [9.17, 15) is 0 Å². The number of nitrogens with one attached hydrogen (secondary N) is 1. The van der Waals surface area contributed by atoms with E-state index in [0.717, 1.165) is 23.1 Å². The van der Waals surface area contributed by atoms with E-state index in [1.54, 1.807) is 0 Å². The summed E-state index contributed by atoms with van der Waals surface area (Å²) in [7, 11) is 0. The minimum absolute atomic E-state index is 0.234. The van der Waals surface area contributed by atoms with E-state index < -0.39 is 0 Å². The second kappa shape index (κ2) is 6.57. The third kappa shape index (κ3) is 3.61. The zero-order valence-electron chi connectivity index (χ0n) is 12.6. The fourth-order valence-electron chi connectivity index (χ4n) is 1.99. The zero-order chi connectivity index (χ0) is 14.5. The topological polar surface area (TPSA) is 47.3 Å². The van der Waals surface area contributed by atoms with E-state index in [4.69, 9.17) is 9.15 Å². The summed E-state index contributed by atoms with van der Waals surface area (Å²) in [6.45, 7) is 9.32. The van der Waals surface area contributed by atoms with Crippen LogP contribution in [0.3, 0.4) is 0 Å². The summed E-state index contributed by atoms with van der Waals surface area (Å²) in [5.74, 6) is 2.52. The molecule has 0 radical (unpaired) electrons. The molecule has 108 valence electrons. The molecule has 1 heterocycles. The van der Waals surface area contributed by atoms with Crippen molar-refractivity contribution in [3.8, 4) is 5.75 Å². The van der Waals surface area contributed by atoms with Gasteiger partial charge < -0.3 is 14.5 Å². The highest BCUT2D eigenvalue weighted by molar-refractivity contribution is 5.28. The molecule has 2 rings (SSSR count). The fraction of sp³-hybridized carbons (Fsp3) is 0.438. The minimum Gasteiger partial charge on any atom is -0.494 e. The summed E-state index contributed by atoms with van der Waals surface area (Å²) in [6.07, 6.45) is 0. The van der Waals surface area contributed by atoms with Crippen LogP contribution in [-0.4, -0.2) is 11.6 Å². The van der Waals surface area contributed by atoms with Crippen molar-refractivity contribution in [3.63, 3.8) is 0 Å². The molecule has 1 atom stereocenters. The molecule has 0 saturated heterocycles. The summed E-state index contributed by atoms with van der Waals surface area (Å²) in [5, 5.41) is 3.41. The number of nitrogens with zero attached hydrogens (tertiary/aromatic N) is 1. The largest absolute Gasteiger partial charge is 0.494 e. The first-order valence-electron chi connectivity index (χ1n) is 6.99. The molecule has 1 unspecified atom stereocenters. The molecular formula is C16H22N2O2. The molecule has 1 aromatic carbocycles. The lowest BCUT2D eigenvalue weighted by Gasteiger charge is -2.13. The predicted octanol–water partition coefficient (Wildman–Crippen LogP) is 3.54. The quantitative estimate of drug-likeness (QED) is 0.875. The van der Waals surface area contributed by atoms with Crippen molar-refractivity contribution in [3.05, 3.63) is 47.2 Å². The van der Waals surface area contributed by atoms with Gasteiger partial charge in [-0.15, -0.1) is 0 Å². The average Bonchev–Trinajstić information content (AvgIpc) is 2.76. The lowest BCUT2D eigenvalue weighted by Crippen LogP contribution is -2.18. The van der Waals surface area contributed by atoms with Gasteiger partial charge in [-0.3, -0.25) is 0 Å². The van der Waals surface area contributed by atoms with Crippen LogP contribution < -0.4 is 10.1 Å². The van der Waals surface area contributed by atoms with Crippen molar-refractivity contribution < 1.29 is 9.15 Å². The molecule has 0 aliphatic carbocycles. The Bertz CT molecular complexity index is 527. The van der Waals surface area contributed by atoms with Crippen LogP contribution in [0.5, 0.6) is 5.75 Å². The van der Waals surface area contributed by atoms with Crippen molar-refractivity contribution >= 4 is 0 Å². The highest BCUT2D eigenvalue weighted by Gasteiger charge is 2.09. The maximum absolute atomic E-state index is 5.56. The molecule has 2 aromatic rings. The Morgan fingerprint density at radius 2 is 1.95 bits per heavy atom. The van der Waals surface area contributed by atoms with Crippen molar-refractivity contribution in [2.45, 2.75) is 40.3 Å². The predicted molar refractivity (Wildman–Crippen MR) is 78.8 cm³/mol. The number of oxazole rings is 1. The Kier molecular flexibility index (Phi) is 4.79. The summed E-state index contributed by atoms with van der Waals surface area (Å²) < 4.78 is 11.0. The lowest BCUT2D eigenvalue weighted by atomic mass is 10.1. The maximum atomic E-state index is 5.56. The maximum Gasteiger partial charge on any atom is 0.208 e. The summed E-state index contributed by atoms with van der Waals surface area (Å²) >= 11 is 0. The summed E-state index contributed by atoms with van der Waals surface area (Å²) in [4.78, 5) is 4.37. The smallest absolute Gasteiger partial charge is 0.208 e. The molecule has 0 aliphatic heterocycles. The first-order valence-corrected chi connectivity index (χ1v) is 6.99. The second-order valence-electron chi connectivity index (χ2n) is 4.85. The Hall–Kier alpha value is -1.81. The van der Waals surface area contributed by atoms with Gasteiger partial charge >= 0.3 is 0 Å². The average molecular weight is 274 g/mol. The molecule has 0 saturated carbocycles. The van der Waals surface area contributed by atoms with Gasteiger partial charge in [-0.1, -0.05) is 12.1 Å². The van der Waals surface area contributed by atoms with E-state index >= 15 is 0 Å². The Balaban J connectivity index is 1.92. The van der Waals surface area contributed by atoms with Gasteiger partial charge in [0.2, 0.25) is 5.89 Å².